The molecule has 0 spiro atoms. The van der Waals surface area contributed by atoms with E-state index in [-0.39, 0.29) is 12.2 Å². The third-order valence-electron chi connectivity index (χ3n) is 6.79. The van der Waals surface area contributed by atoms with E-state index >= 15 is 0 Å². The summed E-state index contributed by atoms with van der Waals surface area (Å²) in [6, 6.07) is 25.2. The molecule has 5 rings (SSSR count). The van der Waals surface area contributed by atoms with E-state index in [1.165, 1.54) is 4.68 Å². The van der Waals surface area contributed by atoms with Gasteiger partial charge < -0.3 is 9.84 Å². The normalized spacial score (nSPS) is 11.9. The number of aromatic nitrogens is 7. The molecule has 11 heteroatoms. The molecule has 0 bridgehead atoms. The van der Waals surface area contributed by atoms with Crippen LogP contribution in [0.15, 0.2) is 83.7 Å². The average molecular weight is 554 g/mol. The maximum absolute atomic E-state index is 13.6. The van der Waals surface area contributed by atoms with Crippen molar-refractivity contribution in [1.82, 2.24) is 35.0 Å². The molecule has 0 saturated heterocycles. The fourth-order valence-corrected chi connectivity index (χ4v) is 4.71. The maximum Gasteiger partial charge on any atom is 0.346 e. The minimum atomic E-state index is -1.07. The number of carboxylic acid groups (broad SMARTS) is 1. The minimum absolute atomic E-state index is 0.105. The Hall–Kier alpha value is -4.90. The van der Waals surface area contributed by atoms with Gasteiger partial charge in [-0.3, -0.25) is 4.57 Å². The second-order valence-electron chi connectivity index (χ2n) is 9.65. The zero-order valence-corrected chi connectivity index (χ0v) is 22.7. The molecule has 3 aromatic carbocycles. The lowest BCUT2D eigenvalue weighted by Crippen LogP contribution is -2.29. The molecule has 1 atom stereocenters. The smallest absolute Gasteiger partial charge is 0.346 e. The number of hydrogen-bond donors (Lipinski definition) is 2. The first-order chi connectivity index (χ1) is 20.0. The Balaban J connectivity index is 1.41. The molecule has 2 heterocycles. The van der Waals surface area contributed by atoms with E-state index in [0.717, 1.165) is 40.7 Å². The Labute approximate surface area is 236 Å². The monoisotopic (exact) mass is 553 g/mol. The van der Waals surface area contributed by atoms with Gasteiger partial charge in [0.2, 0.25) is 5.82 Å². The van der Waals surface area contributed by atoms with Crippen LogP contribution in [0.3, 0.4) is 0 Å². The Kier molecular flexibility index (Phi) is 8.75. The highest BCUT2D eigenvalue weighted by atomic mass is 16.5. The van der Waals surface area contributed by atoms with Gasteiger partial charge in [-0.25, -0.2) is 14.3 Å². The third kappa shape index (κ3) is 6.64. The van der Waals surface area contributed by atoms with Crippen molar-refractivity contribution in [1.29, 1.82) is 0 Å². The minimum Gasteiger partial charge on any atom is -0.480 e. The van der Waals surface area contributed by atoms with Crippen LogP contribution in [0.25, 0.3) is 22.5 Å². The van der Waals surface area contributed by atoms with Crippen molar-refractivity contribution in [2.75, 3.05) is 6.61 Å². The summed E-state index contributed by atoms with van der Waals surface area (Å²) in [6.07, 6.45) is 1.87. The van der Waals surface area contributed by atoms with Crippen LogP contribution in [-0.4, -0.2) is 52.7 Å². The van der Waals surface area contributed by atoms with Gasteiger partial charge in [0.1, 0.15) is 18.5 Å². The van der Waals surface area contributed by atoms with Gasteiger partial charge >= 0.3 is 11.7 Å². The van der Waals surface area contributed by atoms with Gasteiger partial charge in [0.05, 0.1) is 13.1 Å². The summed E-state index contributed by atoms with van der Waals surface area (Å²) in [6.45, 7) is 2.08. The maximum atomic E-state index is 13.6. The Morgan fingerprint density at radius 1 is 1.00 bits per heavy atom. The molecule has 0 radical (unpaired) electrons. The molecule has 0 saturated carbocycles. The number of carboxylic acids is 1. The highest BCUT2D eigenvalue weighted by molar-refractivity contribution is 5.80. The number of tetrazole rings is 1. The molecular weight excluding hydrogens is 522 g/mol. The predicted octanol–water partition coefficient (Wildman–Crippen LogP) is 4.13. The van der Waals surface area contributed by atoms with Gasteiger partial charge in [0.15, 0.2) is 0 Å². The number of aromatic amines is 1. The van der Waals surface area contributed by atoms with Gasteiger partial charge in [0.25, 0.3) is 0 Å². The summed E-state index contributed by atoms with van der Waals surface area (Å²) in [7, 11) is 0. The first-order valence-corrected chi connectivity index (χ1v) is 13.5. The number of hydrogen-bond acceptors (Lipinski definition) is 7. The molecule has 0 aliphatic carbocycles. The molecular formula is C30H31N7O4. The average Bonchev–Trinajstić information content (AvgIpc) is 3.64. The zero-order chi connectivity index (χ0) is 28.6. The Morgan fingerprint density at radius 3 is 2.41 bits per heavy atom. The van der Waals surface area contributed by atoms with Crippen LogP contribution in [-0.2, 0) is 29.0 Å². The Bertz CT molecular complexity index is 1630. The second kappa shape index (κ2) is 13.0. The summed E-state index contributed by atoms with van der Waals surface area (Å²) >= 11 is 0. The van der Waals surface area contributed by atoms with Crippen molar-refractivity contribution in [2.24, 2.45) is 0 Å². The number of nitrogens with one attached hydrogen (secondary N) is 1. The van der Waals surface area contributed by atoms with E-state index in [2.05, 4.69) is 32.6 Å². The number of rotatable bonds is 13. The number of H-pyrrole nitrogens is 1. The third-order valence-corrected chi connectivity index (χ3v) is 6.79. The van der Waals surface area contributed by atoms with Crippen molar-refractivity contribution in [2.45, 2.75) is 45.4 Å². The summed E-state index contributed by atoms with van der Waals surface area (Å²) in [4.78, 5) is 24.8. The first-order valence-electron chi connectivity index (χ1n) is 13.5. The van der Waals surface area contributed by atoms with E-state index in [1.807, 2.05) is 78.9 Å². The molecule has 5 aromatic rings. The Morgan fingerprint density at radius 2 is 1.73 bits per heavy atom. The molecule has 2 N–H and O–H groups in total. The molecule has 41 heavy (non-hydrogen) atoms. The van der Waals surface area contributed by atoms with Crippen molar-refractivity contribution in [3.05, 3.63) is 106 Å². The molecule has 11 nitrogen and oxygen atoms in total. The summed E-state index contributed by atoms with van der Waals surface area (Å²) in [5.74, 6) is 0.134. The SMILES string of the molecule is CCCCc1nn(CC(OCC(=O)O)c2ccccc2)c(=O)n1Cc1ccc(-c2ccccc2-c2nn[nH]n2)cc1. The number of benzene rings is 3. The van der Waals surface area contributed by atoms with Crippen molar-refractivity contribution in [3.8, 4) is 22.5 Å². The van der Waals surface area contributed by atoms with Crippen LogP contribution >= 0.6 is 0 Å². The highest BCUT2D eigenvalue weighted by Crippen LogP contribution is 2.30. The number of ether oxygens (including phenoxy) is 1. The summed E-state index contributed by atoms with van der Waals surface area (Å²) in [5, 5.41) is 28.2. The lowest BCUT2D eigenvalue weighted by atomic mass is 9.98. The number of aliphatic carboxylic acids is 1. The van der Waals surface area contributed by atoms with Crippen molar-refractivity contribution >= 4 is 5.97 Å². The summed E-state index contributed by atoms with van der Waals surface area (Å²) in [5.41, 5.74) is 4.30. The lowest BCUT2D eigenvalue weighted by Gasteiger charge is -2.16. The van der Waals surface area contributed by atoms with Gasteiger partial charge in [-0.15, -0.1) is 10.2 Å². The first kappa shape index (κ1) is 27.7. The fourth-order valence-electron chi connectivity index (χ4n) is 4.71. The standard InChI is InChI=1S/C30H31N7O4/c1-2-3-13-27-33-37(19-26(41-20-28(38)39)23-9-5-4-6-10-23)30(40)36(27)18-21-14-16-22(17-15-21)24-11-7-8-12-25(24)29-31-34-35-32-29/h4-12,14-17,26H,2-3,13,18-20H2,1H3,(H,38,39)(H,31,32,34,35). The van der Waals surface area contributed by atoms with E-state index < -0.39 is 18.7 Å². The second-order valence-corrected chi connectivity index (χ2v) is 9.65. The molecule has 2 aromatic heterocycles. The van der Waals surface area contributed by atoms with Gasteiger partial charge in [0, 0.05) is 12.0 Å². The van der Waals surface area contributed by atoms with Crippen LogP contribution in [0.5, 0.6) is 0 Å². The number of aryl methyl sites for hydroxylation is 1. The van der Waals surface area contributed by atoms with Crippen LogP contribution in [0.1, 0.15) is 42.8 Å². The number of nitrogens with zero attached hydrogens (tertiary/aromatic N) is 6. The number of carbonyl (C=O) groups is 1. The molecule has 0 amide bonds. The van der Waals surface area contributed by atoms with Crippen LogP contribution in [0.4, 0.5) is 0 Å². The van der Waals surface area contributed by atoms with E-state index in [0.29, 0.717) is 24.6 Å². The van der Waals surface area contributed by atoms with Crippen LogP contribution in [0.2, 0.25) is 0 Å². The molecule has 0 aliphatic rings. The quantitative estimate of drug-likeness (QED) is 0.222. The van der Waals surface area contributed by atoms with Gasteiger partial charge in [-0.1, -0.05) is 92.2 Å². The van der Waals surface area contributed by atoms with Crippen LogP contribution in [0, 0.1) is 0 Å². The molecule has 210 valence electrons. The van der Waals surface area contributed by atoms with Gasteiger partial charge in [-0.2, -0.15) is 10.3 Å². The molecule has 1 unspecified atom stereocenters. The van der Waals surface area contributed by atoms with Crippen molar-refractivity contribution in [3.63, 3.8) is 0 Å². The van der Waals surface area contributed by atoms with Crippen LogP contribution < -0.4 is 5.69 Å². The topological polar surface area (TPSA) is 141 Å². The lowest BCUT2D eigenvalue weighted by molar-refractivity contribution is -0.144. The fraction of sp³-hybridized carbons (Fsp3) is 0.267. The predicted molar refractivity (Wildman–Crippen MR) is 152 cm³/mol. The van der Waals surface area contributed by atoms with E-state index in [9.17, 15) is 14.7 Å². The van der Waals surface area contributed by atoms with E-state index in [4.69, 9.17) is 4.74 Å². The van der Waals surface area contributed by atoms with Gasteiger partial charge in [-0.05, 0) is 33.9 Å². The zero-order valence-electron chi connectivity index (χ0n) is 22.7. The largest absolute Gasteiger partial charge is 0.480 e. The highest BCUT2D eigenvalue weighted by Gasteiger charge is 2.20. The summed E-state index contributed by atoms with van der Waals surface area (Å²) < 4.78 is 8.75. The molecule has 0 aliphatic heterocycles. The molecule has 0 fully saturated rings. The van der Waals surface area contributed by atoms with E-state index in [1.54, 1.807) is 4.57 Å². The van der Waals surface area contributed by atoms with Crippen molar-refractivity contribution < 1.29 is 14.6 Å². The number of unbranched alkanes of at least 4 members (excludes halogenated alkanes) is 1.